The first-order chi connectivity index (χ1) is 23.0. The summed E-state index contributed by atoms with van der Waals surface area (Å²) in [6.07, 6.45) is 5.21. The van der Waals surface area contributed by atoms with Gasteiger partial charge in [0.1, 0.15) is 28.2 Å². The van der Waals surface area contributed by atoms with Gasteiger partial charge in [-0.25, -0.2) is 19.9 Å². The number of rotatable bonds is 4. The highest BCUT2D eigenvalue weighted by Crippen LogP contribution is 2.25. The van der Waals surface area contributed by atoms with Gasteiger partial charge in [-0.05, 0) is 37.8 Å². The SMILES string of the molecule is Cc1oc2nc1C(=O)N[C@H](C)c1nc(cs1)C(=O)N[C@H](Cc1ccccc1)CN(C(=O)c1cn3cccnc3n1)CC(=O)N[C@H]2C(C)C. The quantitative estimate of drug-likeness (QED) is 0.259. The molecule has 0 fully saturated rings. The van der Waals surface area contributed by atoms with Crippen LogP contribution >= 0.6 is 11.3 Å². The summed E-state index contributed by atoms with van der Waals surface area (Å²) in [5, 5.41) is 11.0. The molecular weight excluding hydrogens is 634 g/mol. The van der Waals surface area contributed by atoms with Crippen molar-refractivity contribution in [1.29, 1.82) is 0 Å². The lowest BCUT2D eigenvalue weighted by atomic mass is 10.0. The Hall–Kier alpha value is -5.44. The number of nitrogens with one attached hydrogen (secondary N) is 3. The fourth-order valence-corrected chi connectivity index (χ4v) is 6.29. The fourth-order valence-electron chi connectivity index (χ4n) is 5.48. The van der Waals surface area contributed by atoms with Crippen molar-refractivity contribution in [2.24, 2.45) is 5.92 Å². The highest BCUT2D eigenvalue weighted by molar-refractivity contribution is 7.09. The number of hydrogen-bond donors (Lipinski definition) is 3. The molecule has 15 heteroatoms. The third-order valence-corrected chi connectivity index (χ3v) is 8.95. The lowest BCUT2D eigenvalue weighted by molar-refractivity contribution is -0.123. The lowest BCUT2D eigenvalue weighted by Crippen LogP contribution is -2.50. The molecule has 0 saturated carbocycles. The van der Waals surface area contributed by atoms with E-state index in [-0.39, 0.29) is 47.7 Å². The fraction of sp³-hybridized carbons (Fsp3) is 0.333. The second-order valence-corrected chi connectivity index (χ2v) is 12.9. The Morgan fingerprint density at radius 2 is 1.83 bits per heavy atom. The summed E-state index contributed by atoms with van der Waals surface area (Å²) in [6, 6.07) is 9.39. The molecule has 1 aliphatic heterocycles. The van der Waals surface area contributed by atoms with Crippen molar-refractivity contribution in [2.75, 3.05) is 13.1 Å². The van der Waals surface area contributed by atoms with E-state index in [2.05, 4.69) is 35.9 Å². The number of aryl methyl sites for hydroxylation is 1. The Morgan fingerprint density at radius 1 is 1.04 bits per heavy atom. The van der Waals surface area contributed by atoms with Crippen LogP contribution in [0.1, 0.15) is 86.5 Å². The van der Waals surface area contributed by atoms with E-state index in [9.17, 15) is 19.2 Å². The topological polar surface area (TPSA) is 177 Å². The number of thiazole rings is 1. The Morgan fingerprint density at radius 3 is 2.58 bits per heavy atom. The van der Waals surface area contributed by atoms with Crippen LogP contribution in [0.2, 0.25) is 0 Å². The first kappa shape index (κ1) is 32.5. The van der Waals surface area contributed by atoms with Crippen molar-refractivity contribution in [3.63, 3.8) is 0 Å². The van der Waals surface area contributed by atoms with E-state index >= 15 is 0 Å². The minimum absolute atomic E-state index is 0.0216. The molecule has 0 saturated heterocycles. The van der Waals surface area contributed by atoms with Gasteiger partial charge in [-0.1, -0.05) is 44.2 Å². The van der Waals surface area contributed by atoms with Crippen LogP contribution in [-0.2, 0) is 11.2 Å². The molecule has 4 bridgehead atoms. The standard InChI is InChI=1S/C33H35N9O5S/c1-18(2)26-30-40-27(20(4)47-30)29(45)35-19(3)31-37-24(17-48-31)28(44)36-22(13-21-9-6-5-7-10-21)14-42(16-25(43)39-26)32(46)23-15-41-12-8-11-34-33(41)38-23/h5-12,15,17-19,22,26H,13-14,16H2,1-4H3,(H,35,45)(H,36,44)(H,39,43)/t19-,22-,26+/m1/s1. The first-order valence-electron chi connectivity index (χ1n) is 15.5. The van der Waals surface area contributed by atoms with Crippen LogP contribution < -0.4 is 16.0 Å². The Labute approximate surface area is 280 Å². The smallest absolute Gasteiger partial charge is 0.274 e. The highest BCUT2D eigenvalue weighted by Gasteiger charge is 2.31. The van der Waals surface area contributed by atoms with Crippen molar-refractivity contribution in [1.82, 2.24) is 45.2 Å². The third kappa shape index (κ3) is 7.10. The van der Waals surface area contributed by atoms with E-state index in [4.69, 9.17) is 4.42 Å². The summed E-state index contributed by atoms with van der Waals surface area (Å²) in [6.45, 7) is 6.77. The molecule has 48 heavy (non-hydrogen) atoms. The predicted molar refractivity (Wildman–Crippen MR) is 175 cm³/mol. The van der Waals surface area contributed by atoms with E-state index in [1.54, 1.807) is 48.3 Å². The number of amides is 4. The molecule has 1 aliphatic rings. The summed E-state index contributed by atoms with van der Waals surface area (Å²) < 4.78 is 7.53. The number of oxazole rings is 1. The summed E-state index contributed by atoms with van der Waals surface area (Å²) in [5.41, 5.74) is 1.25. The molecule has 248 valence electrons. The van der Waals surface area contributed by atoms with Crippen LogP contribution in [0.15, 0.2) is 64.8 Å². The zero-order valence-corrected chi connectivity index (χ0v) is 27.7. The molecular formula is C33H35N9O5S. The monoisotopic (exact) mass is 669 g/mol. The number of aromatic nitrogens is 5. The number of hydrogen-bond acceptors (Lipinski definition) is 10. The van der Waals surface area contributed by atoms with Gasteiger partial charge in [-0.2, -0.15) is 0 Å². The van der Waals surface area contributed by atoms with Crippen LogP contribution in [0.25, 0.3) is 5.78 Å². The number of carbonyl (C=O) groups excluding carboxylic acids is 4. The number of imidazole rings is 1. The average Bonchev–Trinajstić information content (AvgIpc) is 3.81. The number of fused-ring (bicyclic) bond motifs is 5. The van der Waals surface area contributed by atoms with Crippen molar-refractivity contribution < 1.29 is 23.6 Å². The van der Waals surface area contributed by atoms with Crippen LogP contribution in [0, 0.1) is 12.8 Å². The molecule has 4 amide bonds. The van der Waals surface area contributed by atoms with Crippen molar-refractivity contribution in [3.05, 3.63) is 99.7 Å². The average molecular weight is 670 g/mol. The van der Waals surface area contributed by atoms with Crippen LogP contribution in [0.3, 0.4) is 0 Å². The molecule has 6 rings (SSSR count). The van der Waals surface area contributed by atoms with Crippen molar-refractivity contribution in [3.8, 4) is 0 Å². The number of benzene rings is 1. The van der Waals surface area contributed by atoms with E-state index < -0.39 is 41.8 Å². The maximum atomic E-state index is 14.1. The van der Waals surface area contributed by atoms with Gasteiger partial charge in [0.05, 0.1) is 18.6 Å². The third-order valence-electron chi connectivity index (χ3n) is 7.93. The number of nitrogens with zero attached hydrogens (tertiary/aromatic N) is 6. The molecule has 0 spiro atoms. The molecule has 3 N–H and O–H groups in total. The van der Waals surface area contributed by atoms with Gasteiger partial charge in [0, 0.05) is 30.5 Å². The summed E-state index contributed by atoms with van der Waals surface area (Å²) in [4.78, 5) is 73.6. The van der Waals surface area contributed by atoms with Gasteiger partial charge in [0.25, 0.3) is 17.7 Å². The maximum absolute atomic E-state index is 14.1. The molecule has 0 unspecified atom stereocenters. The predicted octanol–water partition coefficient (Wildman–Crippen LogP) is 3.28. The van der Waals surface area contributed by atoms with E-state index in [1.807, 2.05) is 44.2 Å². The van der Waals surface area contributed by atoms with Gasteiger partial charge < -0.3 is 25.3 Å². The normalized spacial score (nSPS) is 19.4. The van der Waals surface area contributed by atoms with E-state index in [0.29, 0.717) is 17.2 Å². The molecule has 3 atom stereocenters. The maximum Gasteiger partial charge on any atom is 0.274 e. The van der Waals surface area contributed by atoms with Crippen LogP contribution in [0.5, 0.6) is 0 Å². The molecule has 5 aromatic rings. The van der Waals surface area contributed by atoms with Gasteiger partial charge in [0.15, 0.2) is 5.69 Å². The van der Waals surface area contributed by atoms with Crippen molar-refractivity contribution >= 4 is 40.7 Å². The zero-order valence-electron chi connectivity index (χ0n) is 26.8. The minimum atomic E-state index is -0.702. The molecule has 4 aromatic heterocycles. The second kappa shape index (κ2) is 13.7. The Balaban J connectivity index is 1.40. The van der Waals surface area contributed by atoms with Gasteiger partial charge >= 0.3 is 0 Å². The van der Waals surface area contributed by atoms with Crippen LogP contribution in [0.4, 0.5) is 0 Å². The van der Waals surface area contributed by atoms with E-state index in [0.717, 1.165) is 5.56 Å². The largest absolute Gasteiger partial charge is 0.443 e. The van der Waals surface area contributed by atoms with Crippen LogP contribution in [-0.4, -0.2) is 72.0 Å². The number of carbonyl (C=O) groups is 4. The van der Waals surface area contributed by atoms with Gasteiger partial charge in [-0.3, -0.25) is 23.6 Å². The molecule has 0 aliphatic carbocycles. The first-order valence-corrected chi connectivity index (χ1v) is 16.4. The minimum Gasteiger partial charge on any atom is -0.443 e. The van der Waals surface area contributed by atoms with Gasteiger partial charge in [-0.15, -0.1) is 11.3 Å². The molecule has 5 heterocycles. The molecule has 14 nitrogen and oxygen atoms in total. The second-order valence-electron chi connectivity index (χ2n) is 12.0. The lowest BCUT2D eigenvalue weighted by Gasteiger charge is -2.28. The molecule has 1 aromatic carbocycles. The van der Waals surface area contributed by atoms with Crippen molar-refractivity contribution in [2.45, 2.75) is 52.2 Å². The van der Waals surface area contributed by atoms with E-state index in [1.165, 1.54) is 16.2 Å². The Kier molecular flexibility index (Phi) is 9.30. The molecule has 0 radical (unpaired) electrons. The Bertz CT molecular complexity index is 1930. The summed E-state index contributed by atoms with van der Waals surface area (Å²) in [7, 11) is 0. The van der Waals surface area contributed by atoms with Gasteiger partial charge in [0.2, 0.25) is 17.6 Å². The highest BCUT2D eigenvalue weighted by atomic mass is 32.1. The zero-order chi connectivity index (χ0) is 33.9. The summed E-state index contributed by atoms with van der Waals surface area (Å²) in [5.74, 6) is -1.34. The summed E-state index contributed by atoms with van der Waals surface area (Å²) >= 11 is 1.24.